The van der Waals surface area contributed by atoms with Gasteiger partial charge in [0.15, 0.2) is 0 Å². The number of ether oxygens (including phenoxy) is 1. The van der Waals surface area contributed by atoms with E-state index in [1.54, 1.807) is 0 Å². The Kier molecular flexibility index (Phi) is 6.54. The highest BCUT2D eigenvalue weighted by molar-refractivity contribution is 4.59. The van der Waals surface area contributed by atoms with Crippen LogP contribution in [0.2, 0.25) is 0 Å². The molecule has 0 aliphatic heterocycles. The Labute approximate surface area is 71.4 Å². The van der Waals surface area contributed by atoms with Crippen LogP contribution in [-0.4, -0.2) is 22.1 Å². The minimum absolute atomic E-state index is 0.103. The summed E-state index contributed by atoms with van der Waals surface area (Å²) in [6.07, 6.45) is -0.157. The van der Waals surface area contributed by atoms with Crippen LogP contribution in [-0.2, 0) is 4.74 Å². The third-order valence-corrected chi connectivity index (χ3v) is 0.539. The summed E-state index contributed by atoms with van der Waals surface area (Å²) in [4.78, 5) is 8.36. The quantitative estimate of drug-likeness (QED) is 0.352. The Bertz CT molecular complexity index is 126. The maximum Gasteiger partial charge on any atom is 0.291 e. The lowest BCUT2D eigenvalue weighted by Gasteiger charge is -2.21. The molecule has 0 heterocycles. The number of hydrogen-bond acceptors (Lipinski definition) is 4. The van der Waals surface area contributed by atoms with Crippen LogP contribution in [0, 0.1) is 10.1 Å². The van der Waals surface area contributed by atoms with Gasteiger partial charge in [-0.2, -0.15) is 0 Å². The van der Waals surface area contributed by atoms with Gasteiger partial charge in [0.1, 0.15) is 6.23 Å². The van der Waals surface area contributed by atoms with Crippen molar-refractivity contribution in [2.75, 3.05) is 0 Å². The van der Waals surface area contributed by atoms with Crippen LogP contribution >= 0.6 is 0 Å². The summed E-state index contributed by atoms with van der Waals surface area (Å²) in [5.41, 5.74) is 5.25. The van der Waals surface area contributed by atoms with Gasteiger partial charge in [-0.1, -0.05) is 0 Å². The predicted molar refractivity (Wildman–Crippen MR) is 43.3 cm³/mol. The molecule has 0 aromatic heterocycles. The number of nitrogens with two attached hydrogens (primary N) is 1. The molecule has 1 unspecified atom stereocenters. The Morgan fingerprint density at radius 2 is 1.83 bits per heavy atom. The van der Waals surface area contributed by atoms with Crippen molar-refractivity contribution in [3.63, 3.8) is 0 Å². The summed E-state index contributed by atoms with van der Waals surface area (Å²) in [6, 6.07) is 0. The van der Waals surface area contributed by atoms with Crippen LogP contribution < -0.4 is 5.73 Å². The molecule has 0 aromatic rings. The number of rotatable bonds is 1. The van der Waals surface area contributed by atoms with Crippen LogP contribution in [0.5, 0.6) is 0 Å². The second kappa shape index (κ2) is 5.73. The molecule has 0 saturated carbocycles. The fourth-order valence-electron chi connectivity index (χ4n) is 0.558. The molecule has 6 heteroatoms. The lowest BCUT2D eigenvalue weighted by Crippen LogP contribution is -2.30. The van der Waals surface area contributed by atoms with Crippen molar-refractivity contribution >= 4 is 0 Å². The summed E-state index contributed by atoms with van der Waals surface area (Å²) >= 11 is 0. The molecule has 0 aliphatic carbocycles. The van der Waals surface area contributed by atoms with Crippen molar-refractivity contribution in [3.05, 3.63) is 10.1 Å². The largest absolute Gasteiger partial charge is 0.358 e. The first-order valence-electron chi connectivity index (χ1n) is 3.42. The summed E-state index contributed by atoms with van der Waals surface area (Å²) in [5.74, 6) is 0. The summed E-state index contributed by atoms with van der Waals surface area (Å²) < 4.78 is 5.22. The van der Waals surface area contributed by atoms with E-state index >= 15 is 0 Å². The SMILES string of the molecule is CC(N)OC(C)(C)C.O=[N+]([O-])O. The molecule has 0 aromatic carbocycles. The third kappa shape index (κ3) is 35.4. The Morgan fingerprint density at radius 3 is 1.83 bits per heavy atom. The smallest absolute Gasteiger partial charge is 0.291 e. The fourth-order valence-corrected chi connectivity index (χ4v) is 0.558. The van der Waals surface area contributed by atoms with Gasteiger partial charge in [0.05, 0.1) is 5.60 Å². The monoisotopic (exact) mass is 180 g/mol. The normalized spacial score (nSPS) is 12.8. The highest BCUT2D eigenvalue weighted by atomic mass is 16.9. The van der Waals surface area contributed by atoms with Gasteiger partial charge in [-0.25, -0.2) is 0 Å². The average Bonchev–Trinajstić information content (AvgIpc) is 1.52. The van der Waals surface area contributed by atoms with E-state index < -0.39 is 5.09 Å². The first-order valence-corrected chi connectivity index (χ1v) is 3.42. The molecule has 0 bridgehead atoms. The topological polar surface area (TPSA) is 98.6 Å². The highest BCUT2D eigenvalue weighted by Gasteiger charge is 2.11. The maximum absolute atomic E-state index is 8.36. The molecule has 3 N–H and O–H groups in total. The van der Waals surface area contributed by atoms with Gasteiger partial charge in [-0.05, 0) is 27.7 Å². The standard InChI is InChI=1S/C6H15NO.HNO3/c1-5(7)8-6(2,3)4;2-1(3)4/h5H,7H2,1-4H3;(H,2,3,4). The molecule has 6 nitrogen and oxygen atoms in total. The number of nitrogens with zero attached hydrogens (tertiary/aromatic N) is 1. The van der Waals surface area contributed by atoms with Crippen molar-refractivity contribution in [3.8, 4) is 0 Å². The van der Waals surface area contributed by atoms with Crippen molar-refractivity contribution < 1.29 is 15.0 Å². The Hall–Kier alpha value is -0.880. The van der Waals surface area contributed by atoms with Gasteiger partial charge in [-0.15, -0.1) is 10.1 Å². The number of hydrogen-bond donors (Lipinski definition) is 2. The van der Waals surface area contributed by atoms with E-state index in [4.69, 9.17) is 25.8 Å². The molecule has 0 spiro atoms. The molecule has 12 heavy (non-hydrogen) atoms. The minimum atomic E-state index is -1.50. The van der Waals surface area contributed by atoms with Gasteiger partial charge in [0.2, 0.25) is 0 Å². The van der Waals surface area contributed by atoms with Crippen LogP contribution in [0.1, 0.15) is 27.7 Å². The zero-order valence-electron chi connectivity index (χ0n) is 7.77. The van der Waals surface area contributed by atoms with Crippen LogP contribution in [0.15, 0.2) is 0 Å². The first kappa shape index (κ1) is 13.7. The van der Waals surface area contributed by atoms with E-state index in [9.17, 15) is 0 Å². The van der Waals surface area contributed by atoms with Crippen LogP contribution in [0.4, 0.5) is 0 Å². The van der Waals surface area contributed by atoms with Crippen molar-refractivity contribution in [1.29, 1.82) is 0 Å². The van der Waals surface area contributed by atoms with Crippen molar-refractivity contribution in [2.45, 2.75) is 39.5 Å². The lowest BCUT2D eigenvalue weighted by atomic mass is 10.2. The van der Waals surface area contributed by atoms with Crippen molar-refractivity contribution in [2.24, 2.45) is 5.73 Å². The van der Waals surface area contributed by atoms with E-state index in [1.807, 2.05) is 27.7 Å². The van der Waals surface area contributed by atoms with E-state index in [0.29, 0.717) is 0 Å². The zero-order valence-corrected chi connectivity index (χ0v) is 7.77. The Morgan fingerprint density at radius 1 is 1.58 bits per heavy atom. The summed E-state index contributed by atoms with van der Waals surface area (Å²) in [7, 11) is 0. The van der Waals surface area contributed by atoms with Crippen LogP contribution in [0.25, 0.3) is 0 Å². The second-order valence-electron chi connectivity index (χ2n) is 3.17. The Balaban J connectivity index is 0. The fraction of sp³-hybridized carbons (Fsp3) is 1.00. The predicted octanol–water partition coefficient (Wildman–Crippen LogP) is 0.758. The average molecular weight is 180 g/mol. The third-order valence-electron chi connectivity index (χ3n) is 0.539. The van der Waals surface area contributed by atoms with E-state index in [-0.39, 0.29) is 11.8 Å². The van der Waals surface area contributed by atoms with E-state index in [0.717, 1.165) is 0 Å². The minimum Gasteiger partial charge on any atom is -0.358 e. The molecule has 0 fully saturated rings. The van der Waals surface area contributed by atoms with E-state index in [1.165, 1.54) is 0 Å². The summed E-state index contributed by atoms with van der Waals surface area (Å²) in [5, 5.41) is 13.6. The zero-order chi connectivity index (χ0) is 10.4. The molecular formula is C6H16N2O4. The van der Waals surface area contributed by atoms with Gasteiger partial charge in [0, 0.05) is 0 Å². The molecule has 1 atom stereocenters. The van der Waals surface area contributed by atoms with Gasteiger partial charge in [0.25, 0.3) is 5.09 Å². The van der Waals surface area contributed by atoms with Crippen LogP contribution in [0.3, 0.4) is 0 Å². The molecule has 0 aliphatic rings. The molecule has 74 valence electrons. The first-order chi connectivity index (χ1) is 5.15. The van der Waals surface area contributed by atoms with Gasteiger partial charge >= 0.3 is 0 Å². The van der Waals surface area contributed by atoms with Gasteiger partial charge in [-0.3, -0.25) is 0 Å². The molecule has 0 radical (unpaired) electrons. The maximum atomic E-state index is 8.36. The van der Waals surface area contributed by atoms with E-state index in [2.05, 4.69) is 0 Å². The van der Waals surface area contributed by atoms with Gasteiger partial charge < -0.3 is 15.7 Å². The highest BCUT2D eigenvalue weighted by Crippen LogP contribution is 2.06. The second-order valence-corrected chi connectivity index (χ2v) is 3.17. The lowest BCUT2D eigenvalue weighted by molar-refractivity contribution is -0.742. The van der Waals surface area contributed by atoms with Crippen molar-refractivity contribution in [1.82, 2.24) is 0 Å². The summed E-state index contributed by atoms with van der Waals surface area (Å²) in [6.45, 7) is 7.77. The molecule has 0 amide bonds. The molecule has 0 saturated heterocycles. The molecule has 0 rings (SSSR count). The molecular weight excluding hydrogens is 164 g/mol.